The Morgan fingerprint density at radius 3 is 2.12 bits per heavy atom. The Kier molecular flexibility index (Phi) is 4.59. The van der Waals surface area contributed by atoms with E-state index in [1.807, 2.05) is 0 Å². The van der Waals surface area contributed by atoms with Crippen molar-refractivity contribution in [1.29, 1.82) is 0 Å². The van der Waals surface area contributed by atoms with Gasteiger partial charge in [0, 0.05) is 10.0 Å². The third kappa shape index (κ3) is 4.04. The molecule has 1 heterocycles. The molecular weight excluding hydrogens is 389 g/mol. The van der Waals surface area contributed by atoms with Gasteiger partial charge in [-0.3, -0.25) is 14.3 Å². The highest BCUT2D eigenvalue weighted by Gasteiger charge is 2.22. The maximum Gasteiger partial charge on any atom is 0.261 e. The number of rotatable bonds is 3. The second-order valence-corrected chi connectivity index (χ2v) is 7.80. The molecule has 0 saturated heterocycles. The van der Waals surface area contributed by atoms with Crippen LogP contribution < -0.4 is 15.4 Å². The molecule has 0 radical (unpaired) electrons. The molecule has 2 aromatic carbocycles. The molecule has 2 amide bonds. The first kappa shape index (κ1) is 17.5. The van der Waals surface area contributed by atoms with Crippen molar-refractivity contribution < 1.29 is 18.0 Å². The number of benzene rings is 2. The number of sulfonamides is 1. The van der Waals surface area contributed by atoms with E-state index in [0.29, 0.717) is 5.69 Å². The fourth-order valence-electron chi connectivity index (χ4n) is 2.26. The number of anilines is 3. The van der Waals surface area contributed by atoms with Gasteiger partial charge in [-0.15, -0.1) is 0 Å². The van der Waals surface area contributed by atoms with Gasteiger partial charge in [-0.1, -0.05) is 23.2 Å². The van der Waals surface area contributed by atoms with Crippen LogP contribution in [0.2, 0.25) is 10.0 Å². The summed E-state index contributed by atoms with van der Waals surface area (Å²) in [6.07, 6.45) is -0.337. The summed E-state index contributed by atoms with van der Waals surface area (Å²) in [6.45, 7) is 0. The Labute approximate surface area is 153 Å². The number of hydrogen-bond acceptors (Lipinski definition) is 4. The number of carbonyl (C=O) groups excluding carboxylic acids is 2. The topological polar surface area (TPSA) is 104 Å². The van der Waals surface area contributed by atoms with E-state index < -0.39 is 21.8 Å². The zero-order valence-electron chi connectivity index (χ0n) is 12.5. The van der Waals surface area contributed by atoms with Crippen LogP contribution >= 0.6 is 23.2 Å². The van der Waals surface area contributed by atoms with Crippen molar-refractivity contribution in [1.82, 2.24) is 0 Å². The molecule has 10 heteroatoms. The van der Waals surface area contributed by atoms with Crippen molar-refractivity contribution >= 4 is 62.1 Å². The summed E-state index contributed by atoms with van der Waals surface area (Å²) < 4.78 is 27.5. The molecule has 0 bridgehead atoms. The summed E-state index contributed by atoms with van der Waals surface area (Å²) in [4.78, 5) is 23.0. The monoisotopic (exact) mass is 399 g/mol. The lowest BCUT2D eigenvalue weighted by atomic mass is 10.2. The molecular formula is C15H11Cl2N3O4S. The summed E-state index contributed by atoms with van der Waals surface area (Å²) in [5.41, 5.74) is 0.716. The van der Waals surface area contributed by atoms with Crippen LogP contribution in [0.15, 0.2) is 41.3 Å². The molecule has 0 aromatic heterocycles. The first-order valence-electron chi connectivity index (χ1n) is 6.95. The number of hydrogen-bond donors (Lipinski definition) is 3. The van der Waals surface area contributed by atoms with Crippen LogP contribution in [-0.4, -0.2) is 20.2 Å². The molecule has 1 aliphatic heterocycles. The van der Waals surface area contributed by atoms with Gasteiger partial charge in [0.05, 0.1) is 22.0 Å². The van der Waals surface area contributed by atoms with Crippen molar-refractivity contribution in [3.05, 3.63) is 46.4 Å². The largest absolute Gasteiger partial charge is 0.324 e. The minimum Gasteiger partial charge on any atom is -0.324 e. The summed E-state index contributed by atoms with van der Waals surface area (Å²) in [5, 5.41) is 5.57. The lowest BCUT2D eigenvalue weighted by molar-refractivity contribution is -0.123. The molecule has 0 atom stereocenters. The molecule has 25 heavy (non-hydrogen) atoms. The Hall–Kier alpha value is -2.29. The predicted octanol–water partition coefficient (Wildman–Crippen LogP) is 3.07. The Balaban J connectivity index is 1.95. The molecule has 0 unspecified atom stereocenters. The van der Waals surface area contributed by atoms with E-state index in [1.165, 1.54) is 36.4 Å². The van der Waals surface area contributed by atoms with Gasteiger partial charge in [-0.05, 0) is 36.4 Å². The summed E-state index contributed by atoms with van der Waals surface area (Å²) in [5.74, 6) is -1.00. The second-order valence-electron chi connectivity index (χ2n) is 5.24. The van der Waals surface area contributed by atoms with Gasteiger partial charge in [0.2, 0.25) is 11.8 Å². The van der Waals surface area contributed by atoms with Gasteiger partial charge < -0.3 is 10.6 Å². The molecule has 0 aliphatic carbocycles. The van der Waals surface area contributed by atoms with E-state index in [4.69, 9.17) is 23.2 Å². The SMILES string of the molecule is O=C1CC(=O)Nc2cc(S(=O)(=O)Nc3cc(Cl)cc(Cl)c3)ccc2N1. The molecule has 3 rings (SSSR count). The number of halogens is 2. The average Bonchev–Trinajstić information content (AvgIpc) is 2.60. The molecule has 0 spiro atoms. The lowest BCUT2D eigenvalue weighted by Crippen LogP contribution is -2.16. The molecule has 1 aliphatic rings. The molecule has 3 N–H and O–H groups in total. The van der Waals surface area contributed by atoms with E-state index in [9.17, 15) is 18.0 Å². The second kappa shape index (κ2) is 6.55. The summed E-state index contributed by atoms with van der Waals surface area (Å²) in [7, 11) is -3.95. The quantitative estimate of drug-likeness (QED) is 0.689. The fourth-order valence-corrected chi connectivity index (χ4v) is 3.86. The molecule has 130 valence electrons. The van der Waals surface area contributed by atoms with Crippen LogP contribution in [0.3, 0.4) is 0 Å². The Morgan fingerprint density at radius 1 is 0.880 bits per heavy atom. The number of amides is 2. The number of carbonyl (C=O) groups is 2. The highest BCUT2D eigenvalue weighted by atomic mass is 35.5. The average molecular weight is 400 g/mol. The Morgan fingerprint density at radius 2 is 1.48 bits per heavy atom. The lowest BCUT2D eigenvalue weighted by Gasteiger charge is -2.12. The van der Waals surface area contributed by atoms with Crippen LogP contribution in [0.25, 0.3) is 0 Å². The van der Waals surface area contributed by atoms with Crippen LogP contribution in [0, 0.1) is 0 Å². The highest BCUT2D eigenvalue weighted by molar-refractivity contribution is 7.92. The van der Waals surface area contributed by atoms with Gasteiger partial charge >= 0.3 is 0 Å². The van der Waals surface area contributed by atoms with Gasteiger partial charge in [0.15, 0.2) is 0 Å². The minimum absolute atomic E-state index is 0.0983. The van der Waals surface area contributed by atoms with Gasteiger partial charge in [-0.2, -0.15) is 0 Å². The van der Waals surface area contributed by atoms with E-state index in [1.54, 1.807) is 0 Å². The summed E-state index contributed by atoms with van der Waals surface area (Å²) in [6, 6.07) is 8.27. The molecule has 2 aromatic rings. The van der Waals surface area contributed by atoms with Crippen molar-refractivity contribution in [3.8, 4) is 0 Å². The van der Waals surface area contributed by atoms with Gasteiger partial charge in [-0.25, -0.2) is 8.42 Å². The maximum absolute atomic E-state index is 12.5. The first-order chi connectivity index (χ1) is 11.7. The number of nitrogens with one attached hydrogen (secondary N) is 3. The van der Waals surface area contributed by atoms with E-state index in [2.05, 4.69) is 15.4 Å². The van der Waals surface area contributed by atoms with Gasteiger partial charge in [0.1, 0.15) is 6.42 Å². The van der Waals surface area contributed by atoms with Crippen LogP contribution in [0.1, 0.15) is 6.42 Å². The maximum atomic E-state index is 12.5. The highest BCUT2D eigenvalue weighted by Crippen LogP contribution is 2.29. The van der Waals surface area contributed by atoms with Gasteiger partial charge in [0.25, 0.3) is 10.0 Å². The van der Waals surface area contributed by atoms with Crippen molar-refractivity contribution in [2.24, 2.45) is 0 Å². The number of fused-ring (bicyclic) bond motifs is 1. The third-order valence-corrected chi connectivity index (χ3v) is 5.10. The first-order valence-corrected chi connectivity index (χ1v) is 9.19. The van der Waals surface area contributed by atoms with E-state index in [-0.39, 0.29) is 32.7 Å². The molecule has 7 nitrogen and oxygen atoms in total. The van der Waals surface area contributed by atoms with E-state index in [0.717, 1.165) is 0 Å². The Bertz CT molecular complexity index is 972. The molecule has 0 fully saturated rings. The van der Waals surface area contributed by atoms with Crippen LogP contribution in [0.5, 0.6) is 0 Å². The van der Waals surface area contributed by atoms with Crippen molar-refractivity contribution in [2.45, 2.75) is 11.3 Å². The zero-order chi connectivity index (χ0) is 18.2. The molecule has 0 saturated carbocycles. The minimum atomic E-state index is -3.95. The van der Waals surface area contributed by atoms with Crippen LogP contribution in [-0.2, 0) is 19.6 Å². The third-order valence-electron chi connectivity index (χ3n) is 3.29. The van der Waals surface area contributed by atoms with Crippen molar-refractivity contribution in [3.63, 3.8) is 0 Å². The van der Waals surface area contributed by atoms with Crippen LogP contribution in [0.4, 0.5) is 17.1 Å². The standard InChI is InChI=1S/C15H11Cl2N3O4S/c16-8-3-9(17)5-10(4-8)20-25(23,24)11-1-2-12-13(6-11)19-15(22)7-14(21)18-12/h1-6,20H,7H2,(H,18,21)(H,19,22). The summed E-state index contributed by atoms with van der Waals surface area (Å²) >= 11 is 11.7. The van der Waals surface area contributed by atoms with Crippen molar-refractivity contribution in [2.75, 3.05) is 15.4 Å². The zero-order valence-corrected chi connectivity index (χ0v) is 14.8. The normalized spacial score (nSPS) is 14.2. The van der Waals surface area contributed by atoms with E-state index >= 15 is 0 Å². The fraction of sp³-hybridized carbons (Fsp3) is 0.0667. The smallest absolute Gasteiger partial charge is 0.261 e. The predicted molar refractivity (Wildman–Crippen MR) is 95.6 cm³/mol.